The molecule has 4 heteroatoms. The SMILES string of the molecule is CCCCCCCCCCCCCCCC(=O)NC(C)C(O)CCCC(O)CCCCCCCCC. The molecule has 1 amide bonds. The lowest BCUT2D eigenvalue weighted by molar-refractivity contribution is -0.122. The third-order valence-corrected chi connectivity index (χ3v) is 7.65. The summed E-state index contributed by atoms with van der Waals surface area (Å²) in [6.07, 6.45) is 28.7. The van der Waals surface area contributed by atoms with Crippen LogP contribution in [0.5, 0.6) is 0 Å². The Labute approximate surface area is 225 Å². The van der Waals surface area contributed by atoms with Crippen molar-refractivity contribution in [1.82, 2.24) is 5.32 Å². The standard InChI is InChI=1S/C32H65NO3/c1-4-6-8-10-12-13-14-15-16-17-19-21-23-28-32(36)33-29(3)31(35)27-24-26-30(34)25-22-20-18-11-9-7-5-2/h29-31,34-35H,4-28H2,1-3H3,(H,33,36). The van der Waals surface area contributed by atoms with Gasteiger partial charge in [0.05, 0.1) is 18.2 Å². The minimum absolute atomic E-state index is 0.0589. The molecule has 0 aromatic carbocycles. The maximum Gasteiger partial charge on any atom is 0.220 e. The van der Waals surface area contributed by atoms with E-state index in [2.05, 4.69) is 19.2 Å². The Bertz CT molecular complexity index is 457. The summed E-state index contributed by atoms with van der Waals surface area (Å²) in [6, 6.07) is -0.222. The summed E-state index contributed by atoms with van der Waals surface area (Å²) in [7, 11) is 0. The van der Waals surface area contributed by atoms with Crippen molar-refractivity contribution in [2.24, 2.45) is 0 Å². The molecule has 216 valence electrons. The molecule has 0 radical (unpaired) electrons. The van der Waals surface area contributed by atoms with Gasteiger partial charge in [0.2, 0.25) is 5.91 Å². The molecule has 0 aromatic heterocycles. The molecule has 0 saturated heterocycles. The molecule has 0 bridgehead atoms. The molecule has 4 nitrogen and oxygen atoms in total. The number of unbranched alkanes of at least 4 members (excludes halogenated alkanes) is 18. The van der Waals surface area contributed by atoms with Gasteiger partial charge in [-0.2, -0.15) is 0 Å². The van der Waals surface area contributed by atoms with Crippen molar-refractivity contribution in [2.75, 3.05) is 0 Å². The number of carbonyl (C=O) groups excluding carboxylic acids is 1. The van der Waals surface area contributed by atoms with Gasteiger partial charge in [-0.15, -0.1) is 0 Å². The first-order valence-corrected chi connectivity index (χ1v) is 16.2. The fourth-order valence-corrected chi connectivity index (χ4v) is 5.02. The van der Waals surface area contributed by atoms with Gasteiger partial charge in [-0.3, -0.25) is 4.79 Å². The number of aliphatic hydroxyl groups is 2. The fraction of sp³-hybridized carbons (Fsp3) is 0.969. The molecule has 0 aliphatic heterocycles. The Hall–Kier alpha value is -0.610. The lowest BCUT2D eigenvalue weighted by Gasteiger charge is -2.21. The maximum absolute atomic E-state index is 12.2. The Balaban J connectivity index is 3.54. The molecule has 0 heterocycles. The summed E-state index contributed by atoms with van der Waals surface area (Å²) in [6.45, 7) is 6.40. The summed E-state index contributed by atoms with van der Waals surface area (Å²) < 4.78 is 0. The minimum atomic E-state index is -0.536. The zero-order chi connectivity index (χ0) is 26.7. The van der Waals surface area contributed by atoms with Crippen molar-refractivity contribution in [3.05, 3.63) is 0 Å². The zero-order valence-electron chi connectivity index (χ0n) is 24.7. The molecule has 36 heavy (non-hydrogen) atoms. The van der Waals surface area contributed by atoms with E-state index in [4.69, 9.17) is 0 Å². The minimum Gasteiger partial charge on any atom is -0.393 e. The van der Waals surface area contributed by atoms with Crippen LogP contribution in [0.3, 0.4) is 0 Å². The number of rotatable bonds is 28. The average Bonchev–Trinajstić information content (AvgIpc) is 2.86. The normalized spacial score (nSPS) is 14.0. The molecule has 0 spiro atoms. The van der Waals surface area contributed by atoms with E-state index < -0.39 is 6.10 Å². The first-order valence-electron chi connectivity index (χ1n) is 16.2. The molecule has 3 unspecified atom stereocenters. The molecular formula is C32H65NO3. The fourth-order valence-electron chi connectivity index (χ4n) is 5.02. The van der Waals surface area contributed by atoms with Crippen LogP contribution in [0, 0.1) is 0 Å². The highest BCUT2D eigenvalue weighted by atomic mass is 16.3. The Morgan fingerprint density at radius 3 is 1.42 bits per heavy atom. The zero-order valence-corrected chi connectivity index (χ0v) is 24.7. The molecule has 3 N–H and O–H groups in total. The largest absolute Gasteiger partial charge is 0.393 e. The maximum atomic E-state index is 12.2. The average molecular weight is 512 g/mol. The third-order valence-electron chi connectivity index (χ3n) is 7.65. The Morgan fingerprint density at radius 2 is 0.944 bits per heavy atom. The molecule has 3 atom stereocenters. The van der Waals surface area contributed by atoms with Gasteiger partial charge in [-0.05, 0) is 39.0 Å². The van der Waals surface area contributed by atoms with E-state index in [0.29, 0.717) is 12.8 Å². The second-order valence-electron chi connectivity index (χ2n) is 11.4. The van der Waals surface area contributed by atoms with Crippen LogP contribution in [0.25, 0.3) is 0 Å². The van der Waals surface area contributed by atoms with Crippen molar-refractivity contribution in [2.45, 2.75) is 200 Å². The Kier molecular flexibility index (Phi) is 27.0. The van der Waals surface area contributed by atoms with Crippen molar-refractivity contribution < 1.29 is 15.0 Å². The highest BCUT2D eigenvalue weighted by Crippen LogP contribution is 2.15. The van der Waals surface area contributed by atoms with E-state index in [1.54, 1.807) is 0 Å². The predicted molar refractivity (Wildman–Crippen MR) is 156 cm³/mol. The van der Waals surface area contributed by atoms with Crippen LogP contribution in [0.1, 0.15) is 181 Å². The van der Waals surface area contributed by atoms with Crippen LogP contribution >= 0.6 is 0 Å². The van der Waals surface area contributed by atoms with Gasteiger partial charge in [0.1, 0.15) is 0 Å². The lowest BCUT2D eigenvalue weighted by atomic mass is 10.0. The molecule has 0 aliphatic rings. The van der Waals surface area contributed by atoms with E-state index in [1.165, 1.54) is 109 Å². The van der Waals surface area contributed by atoms with Gasteiger partial charge in [0, 0.05) is 6.42 Å². The van der Waals surface area contributed by atoms with Gasteiger partial charge in [0.25, 0.3) is 0 Å². The van der Waals surface area contributed by atoms with Crippen LogP contribution in [0.4, 0.5) is 0 Å². The molecule has 0 saturated carbocycles. The molecular weight excluding hydrogens is 446 g/mol. The van der Waals surface area contributed by atoms with Gasteiger partial charge < -0.3 is 15.5 Å². The van der Waals surface area contributed by atoms with Crippen molar-refractivity contribution >= 4 is 5.91 Å². The van der Waals surface area contributed by atoms with E-state index in [0.717, 1.165) is 38.5 Å². The second-order valence-corrected chi connectivity index (χ2v) is 11.4. The third kappa shape index (κ3) is 25.1. The van der Waals surface area contributed by atoms with E-state index >= 15 is 0 Å². The first-order chi connectivity index (χ1) is 17.5. The van der Waals surface area contributed by atoms with Crippen LogP contribution < -0.4 is 5.32 Å². The number of carbonyl (C=O) groups is 1. The molecule has 0 aliphatic carbocycles. The van der Waals surface area contributed by atoms with Crippen LogP contribution in [0.15, 0.2) is 0 Å². The van der Waals surface area contributed by atoms with Crippen molar-refractivity contribution in [1.29, 1.82) is 0 Å². The highest BCUT2D eigenvalue weighted by molar-refractivity contribution is 5.76. The summed E-state index contributed by atoms with van der Waals surface area (Å²) in [5.74, 6) is 0.0589. The van der Waals surface area contributed by atoms with Gasteiger partial charge in [-0.25, -0.2) is 0 Å². The van der Waals surface area contributed by atoms with E-state index in [1.807, 2.05) is 6.92 Å². The van der Waals surface area contributed by atoms with Gasteiger partial charge in [0.15, 0.2) is 0 Å². The lowest BCUT2D eigenvalue weighted by Crippen LogP contribution is -2.41. The van der Waals surface area contributed by atoms with Gasteiger partial charge >= 0.3 is 0 Å². The number of hydrogen-bond acceptors (Lipinski definition) is 3. The summed E-state index contributed by atoms with van der Waals surface area (Å²) in [4.78, 5) is 12.2. The summed E-state index contributed by atoms with van der Waals surface area (Å²) in [5, 5.41) is 23.5. The predicted octanol–water partition coefficient (Wildman–Crippen LogP) is 9.01. The van der Waals surface area contributed by atoms with Crippen LogP contribution in [-0.4, -0.2) is 34.4 Å². The van der Waals surface area contributed by atoms with E-state index in [-0.39, 0.29) is 18.1 Å². The number of hydrogen-bond donors (Lipinski definition) is 3. The molecule has 0 aromatic rings. The smallest absolute Gasteiger partial charge is 0.220 e. The van der Waals surface area contributed by atoms with Crippen molar-refractivity contribution in [3.8, 4) is 0 Å². The number of nitrogens with one attached hydrogen (secondary N) is 1. The summed E-state index contributed by atoms with van der Waals surface area (Å²) in [5.41, 5.74) is 0. The number of aliphatic hydroxyl groups excluding tert-OH is 2. The van der Waals surface area contributed by atoms with E-state index in [9.17, 15) is 15.0 Å². The molecule has 0 rings (SSSR count). The quantitative estimate of drug-likeness (QED) is 0.0918. The highest BCUT2D eigenvalue weighted by Gasteiger charge is 2.16. The monoisotopic (exact) mass is 511 g/mol. The number of amides is 1. The van der Waals surface area contributed by atoms with Gasteiger partial charge in [-0.1, -0.05) is 136 Å². The van der Waals surface area contributed by atoms with Crippen LogP contribution in [0.2, 0.25) is 0 Å². The molecule has 0 fully saturated rings. The summed E-state index contributed by atoms with van der Waals surface area (Å²) >= 11 is 0. The second kappa shape index (κ2) is 27.4. The first kappa shape index (κ1) is 35.4. The Morgan fingerprint density at radius 1 is 0.556 bits per heavy atom. The van der Waals surface area contributed by atoms with Crippen molar-refractivity contribution in [3.63, 3.8) is 0 Å². The topological polar surface area (TPSA) is 69.6 Å². The van der Waals surface area contributed by atoms with Crippen LogP contribution in [-0.2, 0) is 4.79 Å².